The van der Waals surface area contributed by atoms with Gasteiger partial charge in [0.05, 0.1) is 12.1 Å². The topological polar surface area (TPSA) is 62.3 Å². The minimum absolute atomic E-state index is 0.126. The summed E-state index contributed by atoms with van der Waals surface area (Å²) in [4.78, 5) is 31.1. The van der Waals surface area contributed by atoms with Crippen LogP contribution in [0.5, 0.6) is 0 Å². The Hall–Kier alpha value is -2.21. The Morgan fingerprint density at radius 3 is 2.64 bits per heavy atom. The van der Waals surface area contributed by atoms with E-state index in [1.54, 1.807) is 12.1 Å². The maximum atomic E-state index is 12.6. The van der Waals surface area contributed by atoms with Gasteiger partial charge < -0.3 is 4.90 Å². The molecule has 6 heteroatoms. The summed E-state index contributed by atoms with van der Waals surface area (Å²) < 4.78 is 0. The van der Waals surface area contributed by atoms with E-state index in [0.717, 1.165) is 25.1 Å². The van der Waals surface area contributed by atoms with Gasteiger partial charge in [-0.1, -0.05) is 31.0 Å². The first-order chi connectivity index (χ1) is 12.2. The first-order valence-electron chi connectivity index (χ1n) is 8.77. The van der Waals surface area contributed by atoms with E-state index in [2.05, 4.69) is 10.3 Å². The molecule has 1 aromatic heterocycles. The number of carbonyl (C=O) groups is 2. The van der Waals surface area contributed by atoms with Gasteiger partial charge in [-0.05, 0) is 31.9 Å². The molecule has 1 N–H and O–H groups in total. The van der Waals surface area contributed by atoms with Crippen LogP contribution >= 0.6 is 11.3 Å². The lowest BCUT2D eigenvalue weighted by molar-refractivity contribution is -0.132. The van der Waals surface area contributed by atoms with Gasteiger partial charge in [0.15, 0.2) is 5.13 Å². The van der Waals surface area contributed by atoms with Crippen LogP contribution in [0.15, 0.2) is 35.7 Å². The van der Waals surface area contributed by atoms with E-state index in [1.165, 1.54) is 24.2 Å². The molecule has 0 aliphatic heterocycles. The molecule has 0 bridgehead atoms. The number of anilines is 1. The molecule has 1 heterocycles. The predicted molar refractivity (Wildman–Crippen MR) is 99.9 cm³/mol. The Balaban J connectivity index is 1.59. The zero-order valence-corrected chi connectivity index (χ0v) is 15.2. The van der Waals surface area contributed by atoms with Crippen molar-refractivity contribution < 1.29 is 9.59 Å². The number of thiazole rings is 1. The summed E-state index contributed by atoms with van der Waals surface area (Å²) >= 11 is 1.35. The average molecular weight is 357 g/mol. The Kier molecular flexibility index (Phi) is 5.81. The number of amides is 2. The van der Waals surface area contributed by atoms with E-state index in [9.17, 15) is 9.59 Å². The maximum Gasteiger partial charge on any atom is 0.257 e. The second kappa shape index (κ2) is 8.25. The normalized spacial score (nSPS) is 14.4. The van der Waals surface area contributed by atoms with Crippen molar-refractivity contribution in [3.63, 3.8) is 0 Å². The predicted octanol–water partition coefficient (Wildman–Crippen LogP) is 3.73. The summed E-state index contributed by atoms with van der Waals surface area (Å²) in [5.41, 5.74) is 1.31. The molecule has 0 unspecified atom stereocenters. The Morgan fingerprint density at radius 1 is 1.24 bits per heavy atom. The number of hydrogen-bond donors (Lipinski definition) is 1. The highest BCUT2D eigenvalue weighted by Gasteiger charge is 2.25. The average Bonchev–Trinajstić information content (AvgIpc) is 3.29. The number of hydrogen-bond acceptors (Lipinski definition) is 4. The van der Waals surface area contributed by atoms with E-state index in [4.69, 9.17) is 0 Å². The van der Waals surface area contributed by atoms with Crippen LogP contribution in [0, 0.1) is 0 Å². The minimum atomic E-state index is -0.186. The van der Waals surface area contributed by atoms with E-state index < -0.39 is 0 Å². The molecule has 1 saturated carbocycles. The zero-order valence-electron chi connectivity index (χ0n) is 14.4. The van der Waals surface area contributed by atoms with Gasteiger partial charge in [0.25, 0.3) is 5.91 Å². The van der Waals surface area contributed by atoms with Crippen molar-refractivity contribution in [3.05, 3.63) is 47.0 Å². The van der Waals surface area contributed by atoms with Crippen LogP contribution in [0.1, 0.15) is 48.7 Å². The first-order valence-corrected chi connectivity index (χ1v) is 9.65. The van der Waals surface area contributed by atoms with E-state index in [-0.39, 0.29) is 11.8 Å². The first kappa shape index (κ1) is 17.6. The lowest BCUT2D eigenvalue weighted by Crippen LogP contribution is -2.39. The van der Waals surface area contributed by atoms with Crippen molar-refractivity contribution >= 4 is 28.3 Å². The summed E-state index contributed by atoms with van der Waals surface area (Å²) in [6.45, 7) is 2.77. The van der Waals surface area contributed by atoms with Crippen LogP contribution in [0.4, 0.5) is 5.13 Å². The van der Waals surface area contributed by atoms with Gasteiger partial charge in [-0.15, -0.1) is 11.3 Å². The van der Waals surface area contributed by atoms with Crippen LogP contribution in [0.2, 0.25) is 0 Å². The third kappa shape index (κ3) is 4.45. The fraction of sp³-hybridized carbons (Fsp3) is 0.421. The second-order valence-electron chi connectivity index (χ2n) is 6.26. The summed E-state index contributed by atoms with van der Waals surface area (Å²) in [6, 6.07) is 9.41. The smallest absolute Gasteiger partial charge is 0.257 e. The molecule has 1 aliphatic rings. The molecule has 3 rings (SSSR count). The molecule has 0 saturated heterocycles. The van der Waals surface area contributed by atoms with Gasteiger partial charge >= 0.3 is 0 Å². The Morgan fingerprint density at radius 2 is 1.96 bits per heavy atom. The van der Waals surface area contributed by atoms with Crippen LogP contribution in [-0.2, 0) is 11.2 Å². The number of rotatable bonds is 6. The van der Waals surface area contributed by atoms with Crippen molar-refractivity contribution in [1.29, 1.82) is 0 Å². The van der Waals surface area contributed by atoms with E-state index >= 15 is 0 Å². The highest BCUT2D eigenvalue weighted by Crippen LogP contribution is 2.24. The molecular weight excluding hydrogens is 334 g/mol. The SMILES string of the molecule is CCN(C(=O)Cc1csc(NC(=O)c2ccccc2)n1)C1CCCC1. The Labute approximate surface area is 152 Å². The summed E-state index contributed by atoms with van der Waals surface area (Å²) in [7, 11) is 0. The van der Waals surface area contributed by atoms with Gasteiger partial charge in [-0.2, -0.15) is 0 Å². The van der Waals surface area contributed by atoms with E-state index in [0.29, 0.717) is 23.2 Å². The van der Waals surface area contributed by atoms with Gasteiger partial charge in [0, 0.05) is 23.5 Å². The minimum Gasteiger partial charge on any atom is -0.340 e. The van der Waals surface area contributed by atoms with Crippen LogP contribution in [0.25, 0.3) is 0 Å². The zero-order chi connectivity index (χ0) is 17.6. The van der Waals surface area contributed by atoms with Crippen LogP contribution < -0.4 is 5.32 Å². The highest BCUT2D eigenvalue weighted by atomic mass is 32.1. The fourth-order valence-electron chi connectivity index (χ4n) is 3.32. The Bertz CT molecular complexity index is 723. The van der Waals surface area contributed by atoms with Crippen LogP contribution in [0.3, 0.4) is 0 Å². The number of nitrogens with zero attached hydrogens (tertiary/aromatic N) is 2. The number of likely N-dealkylation sites (N-methyl/N-ethyl adjacent to an activating group) is 1. The van der Waals surface area contributed by atoms with Gasteiger partial charge in [-0.3, -0.25) is 14.9 Å². The molecule has 2 aromatic rings. The molecule has 1 aliphatic carbocycles. The molecule has 1 fully saturated rings. The van der Waals surface area contributed by atoms with Crippen molar-refractivity contribution in [1.82, 2.24) is 9.88 Å². The standard InChI is InChI=1S/C19H23N3O2S/c1-2-22(16-10-6-7-11-16)17(23)12-15-13-25-19(20-15)21-18(24)14-8-4-3-5-9-14/h3-5,8-9,13,16H,2,6-7,10-12H2,1H3,(H,20,21,24). The monoisotopic (exact) mass is 357 g/mol. The number of benzene rings is 1. The molecule has 1 aromatic carbocycles. The fourth-order valence-corrected chi connectivity index (χ4v) is 4.02. The van der Waals surface area contributed by atoms with Crippen molar-refractivity contribution in [3.8, 4) is 0 Å². The van der Waals surface area contributed by atoms with Gasteiger partial charge in [-0.25, -0.2) is 4.98 Å². The third-order valence-corrected chi connectivity index (χ3v) is 5.37. The molecule has 132 valence electrons. The van der Waals surface area contributed by atoms with Crippen molar-refractivity contribution in [2.45, 2.75) is 45.1 Å². The maximum absolute atomic E-state index is 12.6. The molecular formula is C19H23N3O2S. The molecule has 25 heavy (non-hydrogen) atoms. The third-order valence-electron chi connectivity index (χ3n) is 4.57. The lowest BCUT2D eigenvalue weighted by atomic mass is 10.2. The number of nitrogens with one attached hydrogen (secondary N) is 1. The van der Waals surface area contributed by atoms with Crippen molar-refractivity contribution in [2.24, 2.45) is 0 Å². The van der Waals surface area contributed by atoms with Gasteiger partial charge in [0.2, 0.25) is 5.91 Å². The molecule has 5 nitrogen and oxygen atoms in total. The molecule has 0 atom stereocenters. The molecule has 2 amide bonds. The molecule has 0 spiro atoms. The van der Waals surface area contributed by atoms with E-state index in [1.807, 2.05) is 35.4 Å². The van der Waals surface area contributed by atoms with Gasteiger partial charge in [0.1, 0.15) is 0 Å². The van der Waals surface area contributed by atoms with Crippen LogP contribution in [-0.4, -0.2) is 34.3 Å². The summed E-state index contributed by atoms with van der Waals surface area (Å²) in [6.07, 6.45) is 4.92. The highest BCUT2D eigenvalue weighted by molar-refractivity contribution is 7.14. The number of aromatic nitrogens is 1. The molecule has 0 radical (unpaired) electrons. The van der Waals surface area contributed by atoms with Crippen molar-refractivity contribution in [2.75, 3.05) is 11.9 Å². The number of carbonyl (C=O) groups excluding carboxylic acids is 2. The largest absolute Gasteiger partial charge is 0.340 e. The quantitative estimate of drug-likeness (QED) is 0.857. The summed E-state index contributed by atoms with van der Waals surface area (Å²) in [5.74, 6) is -0.0606. The second-order valence-corrected chi connectivity index (χ2v) is 7.12. The lowest BCUT2D eigenvalue weighted by Gasteiger charge is -2.27. The summed E-state index contributed by atoms with van der Waals surface area (Å²) in [5, 5.41) is 5.17.